The Morgan fingerprint density at radius 2 is 1.94 bits per heavy atom. The van der Waals surface area contributed by atoms with Crippen LogP contribution in [0.2, 0.25) is 0 Å². The van der Waals surface area contributed by atoms with Crippen LogP contribution in [0.4, 0.5) is 0 Å². The molecule has 1 aromatic heterocycles. The first kappa shape index (κ1) is 12.8. The second-order valence-electron chi connectivity index (χ2n) is 4.88. The molecule has 2 rings (SSSR count). The maximum Gasteiger partial charge on any atom is 0.108 e. The number of benzene rings is 1. The fraction of sp³-hybridized carbons (Fsp3) is 0.400. The topological polar surface area (TPSA) is 40.7 Å². The maximum absolute atomic E-state index is 4.68. The number of aromatic amines is 1. The van der Waals surface area contributed by atoms with Gasteiger partial charge in [-0.3, -0.25) is 0 Å². The van der Waals surface area contributed by atoms with Gasteiger partial charge in [-0.1, -0.05) is 44.2 Å². The van der Waals surface area contributed by atoms with Crippen molar-refractivity contribution in [1.82, 2.24) is 15.3 Å². The summed E-state index contributed by atoms with van der Waals surface area (Å²) in [5.74, 6) is 1.06. The summed E-state index contributed by atoms with van der Waals surface area (Å²) in [5.41, 5.74) is 3.38. The van der Waals surface area contributed by atoms with Crippen LogP contribution in [0.25, 0.3) is 11.3 Å². The molecule has 0 spiro atoms. The Labute approximate surface area is 109 Å². The summed E-state index contributed by atoms with van der Waals surface area (Å²) in [6, 6.07) is 10.8. The monoisotopic (exact) mass is 243 g/mol. The summed E-state index contributed by atoms with van der Waals surface area (Å²) >= 11 is 0. The summed E-state index contributed by atoms with van der Waals surface area (Å²) in [5, 5.41) is 3.40. The Bertz CT molecular complexity index is 486. The fourth-order valence-corrected chi connectivity index (χ4v) is 2.00. The molecule has 0 saturated carbocycles. The number of aryl methyl sites for hydroxylation is 1. The van der Waals surface area contributed by atoms with Crippen molar-refractivity contribution in [1.29, 1.82) is 0 Å². The SMILES string of the molecule is Cc1[nH]c(CCNC(C)C)nc1-c1ccccc1. The lowest BCUT2D eigenvalue weighted by Gasteiger charge is -2.05. The number of nitrogens with one attached hydrogen (secondary N) is 2. The Morgan fingerprint density at radius 3 is 2.61 bits per heavy atom. The number of nitrogens with zero attached hydrogens (tertiary/aromatic N) is 1. The predicted octanol–water partition coefficient (Wildman–Crippen LogP) is 2.93. The van der Waals surface area contributed by atoms with E-state index in [0.717, 1.165) is 30.2 Å². The van der Waals surface area contributed by atoms with E-state index < -0.39 is 0 Å². The van der Waals surface area contributed by atoms with Crippen LogP contribution >= 0.6 is 0 Å². The van der Waals surface area contributed by atoms with Crippen LogP contribution in [-0.2, 0) is 6.42 Å². The molecule has 96 valence electrons. The molecule has 0 radical (unpaired) electrons. The number of hydrogen-bond donors (Lipinski definition) is 2. The number of imidazole rings is 1. The molecule has 0 saturated heterocycles. The molecular formula is C15H21N3. The molecule has 2 aromatic rings. The number of hydrogen-bond acceptors (Lipinski definition) is 2. The smallest absolute Gasteiger partial charge is 0.108 e. The van der Waals surface area contributed by atoms with Crippen LogP contribution in [0.15, 0.2) is 30.3 Å². The summed E-state index contributed by atoms with van der Waals surface area (Å²) < 4.78 is 0. The second-order valence-corrected chi connectivity index (χ2v) is 4.88. The van der Waals surface area contributed by atoms with E-state index in [0.29, 0.717) is 6.04 Å². The van der Waals surface area contributed by atoms with Gasteiger partial charge >= 0.3 is 0 Å². The minimum Gasteiger partial charge on any atom is -0.346 e. The van der Waals surface area contributed by atoms with Gasteiger partial charge in [0.2, 0.25) is 0 Å². The Hall–Kier alpha value is -1.61. The van der Waals surface area contributed by atoms with E-state index in [4.69, 9.17) is 0 Å². The summed E-state index contributed by atoms with van der Waals surface area (Å²) in [7, 11) is 0. The quantitative estimate of drug-likeness (QED) is 0.847. The second kappa shape index (κ2) is 5.83. The number of aromatic nitrogens is 2. The average Bonchev–Trinajstić information content (AvgIpc) is 2.71. The van der Waals surface area contributed by atoms with Crippen molar-refractivity contribution in [3.63, 3.8) is 0 Å². The van der Waals surface area contributed by atoms with E-state index in [1.54, 1.807) is 0 Å². The minimum atomic E-state index is 0.523. The van der Waals surface area contributed by atoms with Gasteiger partial charge < -0.3 is 10.3 Å². The zero-order valence-electron chi connectivity index (χ0n) is 11.3. The lowest BCUT2D eigenvalue weighted by atomic mass is 10.1. The van der Waals surface area contributed by atoms with E-state index >= 15 is 0 Å². The molecule has 3 nitrogen and oxygen atoms in total. The van der Waals surface area contributed by atoms with E-state index in [1.165, 1.54) is 5.56 Å². The highest BCUT2D eigenvalue weighted by molar-refractivity contribution is 5.61. The molecule has 0 amide bonds. The normalized spacial score (nSPS) is 11.1. The number of rotatable bonds is 5. The molecule has 2 N–H and O–H groups in total. The third kappa shape index (κ3) is 3.20. The Kier molecular flexibility index (Phi) is 4.15. The standard InChI is InChI=1S/C15H21N3/c1-11(2)16-10-9-14-17-12(3)15(18-14)13-7-5-4-6-8-13/h4-8,11,16H,9-10H2,1-3H3,(H,17,18). The zero-order valence-corrected chi connectivity index (χ0v) is 11.3. The van der Waals surface area contributed by atoms with Crippen LogP contribution in [0.1, 0.15) is 25.4 Å². The van der Waals surface area contributed by atoms with Crippen LogP contribution in [-0.4, -0.2) is 22.6 Å². The average molecular weight is 243 g/mol. The molecular weight excluding hydrogens is 222 g/mol. The van der Waals surface area contributed by atoms with Gasteiger partial charge in [-0.05, 0) is 6.92 Å². The van der Waals surface area contributed by atoms with E-state index in [1.807, 2.05) is 18.2 Å². The largest absolute Gasteiger partial charge is 0.346 e. The first-order chi connectivity index (χ1) is 8.66. The maximum atomic E-state index is 4.68. The molecule has 0 atom stereocenters. The van der Waals surface area contributed by atoms with E-state index in [-0.39, 0.29) is 0 Å². The molecule has 0 bridgehead atoms. The van der Waals surface area contributed by atoms with Crippen LogP contribution in [0, 0.1) is 6.92 Å². The summed E-state index contributed by atoms with van der Waals surface area (Å²) in [4.78, 5) is 8.05. The van der Waals surface area contributed by atoms with Crippen molar-refractivity contribution in [2.45, 2.75) is 33.2 Å². The van der Waals surface area contributed by atoms with Gasteiger partial charge in [0.25, 0.3) is 0 Å². The van der Waals surface area contributed by atoms with Gasteiger partial charge in [-0.15, -0.1) is 0 Å². The third-order valence-corrected chi connectivity index (χ3v) is 2.90. The molecule has 3 heteroatoms. The Morgan fingerprint density at radius 1 is 1.22 bits per heavy atom. The lowest BCUT2D eigenvalue weighted by Crippen LogP contribution is -2.25. The molecule has 0 unspecified atom stereocenters. The summed E-state index contributed by atoms with van der Waals surface area (Å²) in [6.45, 7) is 7.35. The van der Waals surface area contributed by atoms with E-state index in [9.17, 15) is 0 Å². The van der Waals surface area contributed by atoms with Gasteiger partial charge in [0.1, 0.15) is 5.82 Å². The third-order valence-electron chi connectivity index (χ3n) is 2.90. The van der Waals surface area contributed by atoms with Crippen molar-refractivity contribution in [2.75, 3.05) is 6.54 Å². The van der Waals surface area contributed by atoms with Crippen LogP contribution in [0.3, 0.4) is 0 Å². The van der Waals surface area contributed by atoms with Crippen molar-refractivity contribution in [3.8, 4) is 11.3 Å². The van der Waals surface area contributed by atoms with Gasteiger partial charge in [-0.2, -0.15) is 0 Å². The molecule has 1 aromatic carbocycles. The van der Waals surface area contributed by atoms with Gasteiger partial charge in [0, 0.05) is 30.3 Å². The van der Waals surface area contributed by atoms with Gasteiger partial charge in [0.15, 0.2) is 0 Å². The van der Waals surface area contributed by atoms with Crippen molar-refractivity contribution in [3.05, 3.63) is 41.9 Å². The Balaban J connectivity index is 2.08. The first-order valence-corrected chi connectivity index (χ1v) is 6.51. The predicted molar refractivity (Wildman–Crippen MR) is 75.6 cm³/mol. The van der Waals surface area contributed by atoms with Crippen LogP contribution < -0.4 is 5.32 Å². The van der Waals surface area contributed by atoms with Crippen molar-refractivity contribution in [2.24, 2.45) is 0 Å². The molecule has 0 fully saturated rings. The minimum absolute atomic E-state index is 0.523. The first-order valence-electron chi connectivity index (χ1n) is 6.51. The molecule has 0 aliphatic rings. The van der Waals surface area contributed by atoms with Crippen molar-refractivity contribution < 1.29 is 0 Å². The molecule has 1 heterocycles. The molecule has 18 heavy (non-hydrogen) atoms. The lowest BCUT2D eigenvalue weighted by molar-refractivity contribution is 0.584. The highest BCUT2D eigenvalue weighted by atomic mass is 15.0. The fourth-order valence-electron chi connectivity index (χ4n) is 2.00. The van der Waals surface area contributed by atoms with Gasteiger partial charge in [-0.25, -0.2) is 4.98 Å². The molecule has 0 aliphatic carbocycles. The highest BCUT2D eigenvalue weighted by Gasteiger charge is 2.08. The van der Waals surface area contributed by atoms with Gasteiger partial charge in [0.05, 0.1) is 5.69 Å². The van der Waals surface area contributed by atoms with Crippen LogP contribution in [0.5, 0.6) is 0 Å². The summed E-state index contributed by atoms with van der Waals surface area (Å²) in [6.07, 6.45) is 0.936. The zero-order chi connectivity index (χ0) is 13.0. The highest BCUT2D eigenvalue weighted by Crippen LogP contribution is 2.20. The number of H-pyrrole nitrogens is 1. The van der Waals surface area contributed by atoms with E-state index in [2.05, 4.69) is 48.2 Å². The van der Waals surface area contributed by atoms with Crippen molar-refractivity contribution >= 4 is 0 Å². The molecule has 0 aliphatic heterocycles.